The normalized spacial score (nSPS) is 18.8. The van der Waals surface area contributed by atoms with Gasteiger partial charge < -0.3 is 0 Å². The van der Waals surface area contributed by atoms with Crippen molar-refractivity contribution >= 4 is 17.1 Å². The summed E-state index contributed by atoms with van der Waals surface area (Å²) in [7, 11) is 0. The molecule has 2 aromatic rings. The van der Waals surface area contributed by atoms with E-state index >= 15 is 0 Å². The lowest BCUT2D eigenvalue weighted by Gasteiger charge is -2.05. The minimum absolute atomic E-state index is 0.159. The molecule has 0 saturated heterocycles. The number of hydrogen-bond acceptors (Lipinski definition) is 2. The summed E-state index contributed by atoms with van der Waals surface area (Å²) < 4.78 is 0. The molecule has 0 bridgehead atoms. The first-order valence-electron chi connectivity index (χ1n) is 5.48. The summed E-state index contributed by atoms with van der Waals surface area (Å²) in [6, 6.07) is 10.1. The number of hydrogen-bond donors (Lipinski definition) is 0. The smallest absolute Gasteiger partial charge is 0.166 e. The quantitative estimate of drug-likeness (QED) is 0.770. The van der Waals surface area contributed by atoms with E-state index in [0.717, 1.165) is 18.4 Å². The second-order valence-electron chi connectivity index (χ2n) is 4.26. The molecule has 16 heavy (non-hydrogen) atoms. The van der Waals surface area contributed by atoms with Crippen LogP contribution in [-0.2, 0) is 12.8 Å². The first-order valence-corrected chi connectivity index (χ1v) is 6.42. The van der Waals surface area contributed by atoms with E-state index in [-0.39, 0.29) is 5.92 Å². The van der Waals surface area contributed by atoms with Crippen LogP contribution in [0.4, 0.5) is 0 Å². The van der Waals surface area contributed by atoms with E-state index in [1.165, 1.54) is 11.1 Å². The number of Topliss-reactive ketones (excluding diaryl/α,β-unsaturated/α-hetero) is 1. The second kappa shape index (κ2) is 3.87. The first-order chi connectivity index (χ1) is 7.84. The minimum Gasteiger partial charge on any atom is -0.294 e. The average molecular weight is 228 g/mol. The molecule has 1 aromatic heterocycles. The molecule has 1 aromatic carbocycles. The van der Waals surface area contributed by atoms with E-state index < -0.39 is 0 Å². The molecule has 1 atom stereocenters. The Morgan fingerprint density at radius 2 is 2.12 bits per heavy atom. The summed E-state index contributed by atoms with van der Waals surface area (Å²) in [5, 5.41) is 4.21. The fraction of sp³-hybridized carbons (Fsp3) is 0.214. The van der Waals surface area contributed by atoms with E-state index in [0.29, 0.717) is 5.78 Å². The molecule has 0 aliphatic heterocycles. The molecule has 0 radical (unpaired) electrons. The monoisotopic (exact) mass is 228 g/mol. The van der Waals surface area contributed by atoms with Gasteiger partial charge in [-0.05, 0) is 40.8 Å². The van der Waals surface area contributed by atoms with Crippen LogP contribution >= 0.6 is 11.3 Å². The fourth-order valence-electron chi connectivity index (χ4n) is 2.37. The molecule has 1 aliphatic carbocycles. The van der Waals surface area contributed by atoms with Crippen LogP contribution in [0.25, 0.3) is 0 Å². The lowest BCUT2D eigenvalue weighted by Crippen LogP contribution is -2.11. The van der Waals surface area contributed by atoms with Gasteiger partial charge in [-0.25, -0.2) is 0 Å². The molecular weight excluding hydrogens is 216 g/mol. The van der Waals surface area contributed by atoms with Gasteiger partial charge in [-0.2, -0.15) is 11.3 Å². The molecule has 1 nitrogen and oxygen atoms in total. The third-order valence-corrected chi connectivity index (χ3v) is 3.91. The zero-order valence-corrected chi connectivity index (χ0v) is 9.67. The van der Waals surface area contributed by atoms with E-state index in [1.807, 2.05) is 18.2 Å². The Kier molecular flexibility index (Phi) is 2.37. The van der Waals surface area contributed by atoms with Crippen LogP contribution in [-0.4, -0.2) is 5.78 Å². The van der Waals surface area contributed by atoms with Gasteiger partial charge in [-0.1, -0.05) is 24.3 Å². The number of carbonyl (C=O) groups excluding carboxylic acids is 1. The number of carbonyl (C=O) groups is 1. The number of ketones is 1. The molecule has 2 heteroatoms. The molecule has 80 valence electrons. The Balaban J connectivity index is 1.85. The van der Waals surface area contributed by atoms with E-state index in [4.69, 9.17) is 0 Å². The lowest BCUT2D eigenvalue weighted by molar-refractivity contribution is 0.0936. The van der Waals surface area contributed by atoms with Crippen molar-refractivity contribution in [2.45, 2.75) is 12.8 Å². The first kappa shape index (κ1) is 9.79. The Labute approximate surface area is 98.7 Å². The third-order valence-electron chi connectivity index (χ3n) is 3.18. The van der Waals surface area contributed by atoms with Crippen molar-refractivity contribution < 1.29 is 4.79 Å². The average Bonchev–Trinajstić information content (AvgIpc) is 2.90. The van der Waals surface area contributed by atoms with E-state index in [1.54, 1.807) is 11.3 Å². The lowest BCUT2D eigenvalue weighted by atomic mass is 9.97. The molecule has 3 rings (SSSR count). The van der Waals surface area contributed by atoms with Gasteiger partial charge in [0, 0.05) is 11.5 Å². The number of thiophene rings is 1. The zero-order chi connectivity index (χ0) is 11.0. The highest BCUT2D eigenvalue weighted by atomic mass is 32.1. The Morgan fingerprint density at radius 1 is 1.25 bits per heavy atom. The van der Waals surface area contributed by atoms with Crippen molar-refractivity contribution in [2.75, 3.05) is 0 Å². The molecule has 0 fully saturated rings. The minimum atomic E-state index is 0.159. The van der Waals surface area contributed by atoms with Crippen molar-refractivity contribution in [3.8, 4) is 0 Å². The fourth-order valence-corrected chi connectivity index (χ4v) is 3.06. The predicted octanol–water partition coefficient (Wildman–Crippen LogP) is 3.35. The molecule has 0 amide bonds. The number of benzene rings is 1. The standard InChI is InChI=1S/C14H12OS/c15-14-12(7-10-5-6-16-9-10)8-11-3-1-2-4-13(11)14/h1-6,9,12H,7-8H2. The summed E-state index contributed by atoms with van der Waals surface area (Å²) in [5.41, 5.74) is 3.44. The maximum Gasteiger partial charge on any atom is 0.166 e. The summed E-state index contributed by atoms with van der Waals surface area (Å²) >= 11 is 1.70. The van der Waals surface area contributed by atoms with Crippen LogP contribution in [0.3, 0.4) is 0 Å². The number of rotatable bonds is 2. The van der Waals surface area contributed by atoms with E-state index in [9.17, 15) is 4.79 Å². The highest BCUT2D eigenvalue weighted by Gasteiger charge is 2.29. The van der Waals surface area contributed by atoms with Crippen LogP contribution in [0.5, 0.6) is 0 Å². The van der Waals surface area contributed by atoms with Gasteiger partial charge in [-0.3, -0.25) is 4.79 Å². The highest BCUT2D eigenvalue weighted by Crippen LogP contribution is 2.29. The topological polar surface area (TPSA) is 17.1 Å². The van der Waals surface area contributed by atoms with Gasteiger partial charge in [-0.15, -0.1) is 0 Å². The van der Waals surface area contributed by atoms with Crippen LogP contribution in [0.15, 0.2) is 41.1 Å². The van der Waals surface area contributed by atoms with Gasteiger partial charge in [0.2, 0.25) is 0 Å². The van der Waals surface area contributed by atoms with Gasteiger partial charge in [0.1, 0.15) is 0 Å². The van der Waals surface area contributed by atoms with Gasteiger partial charge in [0.25, 0.3) is 0 Å². The molecule has 0 spiro atoms. The van der Waals surface area contributed by atoms with Crippen LogP contribution in [0.1, 0.15) is 21.5 Å². The summed E-state index contributed by atoms with van der Waals surface area (Å²) in [6.07, 6.45) is 1.79. The predicted molar refractivity (Wildman–Crippen MR) is 66.0 cm³/mol. The maximum atomic E-state index is 12.1. The molecule has 1 heterocycles. The maximum absolute atomic E-state index is 12.1. The van der Waals surface area contributed by atoms with Crippen LogP contribution in [0, 0.1) is 5.92 Å². The van der Waals surface area contributed by atoms with Gasteiger partial charge in [0.15, 0.2) is 5.78 Å². The second-order valence-corrected chi connectivity index (χ2v) is 5.04. The van der Waals surface area contributed by atoms with E-state index in [2.05, 4.69) is 22.9 Å². The third kappa shape index (κ3) is 1.59. The zero-order valence-electron chi connectivity index (χ0n) is 8.85. The van der Waals surface area contributed by atoms with Gasteiger partial charge >= 0.3 is 0 Å². The Bertz CT molecular complexity index is 511. The number of fused-ring (bicyclic) bond motifs is 1. The highest BCUT2D eigenvalue weighted by molar-refractivity contribution is 7.07. The van der Waals surface area contributed by atoms with Crippen molar-refractivity contribution in [2.24, 2.45) is 5.92 Å². The molecular formula is C14H12OS. The van der Waals surface area contributed by atoms with Crippen LogP contribution in [0.2, 0.25) is 0 Å². The molecule has 0 N–H and O–H groups in total. The summed E-state index contributed by atoms with van der Waals surface area (Å²) in [5.74, 6) is 0.480. The van der Waals surface area contributed by atoms with Crippen molar-refractivity contribution in [3.05, 3.63) is 57.8 Å². The summed E-state index contributed by atoms with van der Waals surface area (Å²) in [4.78, 5) is 12.1. The van der Waals surface area contributed by atoms with Crippen LogP contribution < -0.4 is 0 Å². The van der Waals surface area contributed by atoms with Gasteiger partial charge in [0.05, 0.1) is 0 Å². The largest absolute Gasteiger partial charge is 0.294 e. The molecule has 1 aliphatic rings. The molecule has 0 saturated carbocycles. The van der Waals surface area contributed by atoms with Crippen molar-refractivity contribution in [1.82, 2.24) is 0 Å². The SMILES string of the molecule is O=C1c2ccccc2CC1Cc1ccsc1. The van der Waals surface area contributed by atoms with Crippen molar-refractivity contribution in [1.29, 1.82) is 0 Å². The molecule has 1 unspecified atom stereocenters. The van der Waals surface area contributed by atoms with Crippen molar-refractivity contribution in [3.63, 3.8) is 0 Å². The Hall–Kier alpha value is -1.41. The Morgan fingerprint density at radius 3 is 2.88 bits per heavy atom. The summed E-state index contributed by atoms with van der Waals surface area (Å²) in [6.45, 7) is 0.